The summed E-state index contributed by atoms with van der Waals surface area (Å²) in [6, 6.07) is 10.9. The van der Waals surface area contributed by atoms with Crippen molar-refractivity contribution in [2.45, 2.75) is 12.5 Å². The number of rotatable bonds is 5. The molecule has 1 heterocycles. The van der Waals surface area contributed by atoms with Gasteiger partial charge in [-0.3, -0.25) is 4.79 Å². The number of aliphatic hydroxyl groups is 1. The fourth-order valence-electron chi connectivity index (χ4n) is 2.61. The number of aromatic nitrogens is 1. The van der Waals surface area contributed by atoms with E-state index >= 15 is 0 Å². The van der Waals surface area contributed by atoms with Crippen molar-refractivity contribution >= 4 is 5.91 Å². The van der Waals surface area contributed by atoms with Gasteiger partial charge in [-0.25, -0.2) is 8.78 Å². The second kappa shape index (κ2) is 7.45. The molecule has 0 radical (unpaired) electrons. The highest BCUT2D eigenvalue weighted by molar-refractivity contribution is 6.00. The Morgan fingerprint density at radius 2 is 1.69 bits per heavy atom. The molecule has 1 unspecified atom stereocenters. The molecule has 5 nitrogen and oxygen atoms in total. The molecule has 0 aliphatic carbocycles. The third-order valence-corrected chi connectivity index (χ3v) is 3.97. The lowest BCUT2D eigenvalue weighted by Crippen LogP contribution is -2.20. The van der Waals surface area contributed by atoms with Crippen LogP contribution in [0.2, 0.25) is 0 Å². The van der Waals surface area contributed by atoms with Crippen LogP contribution in [0.5, 0.6) is 0 Å². The van der Waals surface area contributed by atoms with Gasteiger partial charge in [0.05, 0.1) is 6.10 Å². The second-order valence-corrected chi connectivity index (χ2v) is 5.69. The molecule has 0 spiro atoms. The molecule has 2 N–H and O–H groups in total. The van der Waals surface area contributed by atoms with Crippen LogP contribution in [-0.2, 0) is 6.42 Å². The van der Waals surface area contributed by atoms with Gasteiger partial charge in [0.15, 0.2) is 5.76 Å². The van der Waals surface area contributed by atoms with Gasteiger partial charge < -0.3 is 14.9 Å². The van der Waals surface area contributed by atoms with Crippen LogP contribution in [0.15, 0.2) is 53.1 Å². The van der Waals surface area contributed by atoms with Gasteiger partial charge in [0.2, 0.25) is 0 Å². The van der Waals surface area contributed by atoms with Crippen molar-refractivity contribution in [1.82, 2.24) is 10.5 Å². The van der Waals surface area contributed by atoms with Crippen LogP contribution in [0.25, 0.3) is 11.3 Å². The molecule has 1 aromatic heterocycles. The molecule has 0 saturated heterocycles. The lowest BCUT2D eigenvalue weighted by atomic mass is 10.00. The van der Waals surface area contributed by atoms with Gasteiger partial charge in [0, 0.05) is 19.0 Å². The van der Waals surface area contributed by atoms with Crippen molar-refractivity contribution < 1.29 is 23.2 Å². The lowest BCUT2D eigenvalue weighted by Gasteiger charge is -2.10. The number of nitrogens with one attached hydrogen (secondary N) is 1. The number of amides is 1. The van der Waals surface area contributed by atoms with Crippen molar-refractivity contribution in [3.8, 4) is 11.3 Å². The first-order valence-electron chi connectivity index (χ1n) is 7.89. The predicted molar refractivity (Wildman–Crippen MR) is 90.4 cm³/mol. The molecule has 3 rings (SSSR count). The summed E-state index contributed by atoms with van der Waals surface area (Å²) in [6.45, 7) is 0. The summed E-state index contributed by atoms with van der Waals surface area (Å²) in [4.78, 5) is 12.3. The van der Waals surface area contributed by atoms with E-state index in [0.717, 1.165) is 0 Å². The van der Waals surface area contributed by atoms with E-state index in [-0.39, 0.29) is 23.4 Å². The third-order valence-electron chi connectivity index (χ3n) is 3.97. The van der Waals surface area contributed by atoms with E-state index in [1.807, 2.05) is 0 Å². The summed E-state index contributed by atoms with van der Waals surface area (Å²) in [6.07, 6.45) is -1.03. The number of carbonyl (C=O) groups is 1. The predicted octanol–water partition coefficient (Wildman–Crippen LogP) is 3.26. The zero-order valence-corrected chi connectivity index (χ0v) is 13.9. The van der Waals surface area contributed by atoms with E-state index < -0.39 is 23.6 Å². The van der Waals surface area contributed by atoms with Crippen molar-refractivity contribution in [1.29, 1.82) is 0 Å². The molecular formula is C19H16F2N2O3. The van der Waals surface area contributed by atoms with E-state index in [9.17, 15) is 18.7 Å². The number of aliphatic hydroxyl groups excluding tert-OH is 1. The molecule has 26 heavy (non-hydrogen) atoms. The zero-order chi connectivity index (χ0) is 18.7. The number of nitrogens with zero attached hydrogens (tertiary/aromatic N) is 1. The van der Waals surface area contributed by atoms with Crippen LogP contribution in [-0.4, -0.2) is 23.2 Å². The Morgan fingerprint density at radius 1 is 1.12 bits per heavy atom. The molecule has 0 aliphatic rings. The largest absolute Gasteiger partial charge is 0.388 e. The Balaban J connectivity index is 1.95. The summed E-state index contributed by atoms with van der Waals surface area (Å²) in [7, 11) is 1.46. The standard InChI is InChI=1S/C19H16F2N2O3/c1-22-19(25)17-16(10-15(24)11-2-6-13(20)7-3-11)26-23-18(17)12-4-8-14(21)9-5-12/h2-9,15,24H,10H2,1H3,(H,22,25). The normalized spacial score (nSPS) is 12.0. The highest BCUT2D eigenvalue weighted by Gasteiger charge is 2.25. The highest BCUT2D eigenvalue weighted by Crippen LogP contribution is 2.29. The van der Waals surface area contributed by atoms with Gasteiger partial charge in [0.25, 0.3) is 5.91 Å². The SMILES string of the molecule is CNC(=O)c1c(-c2ccc(F)cc2)noc1CC(O)c1ccc(F)cc1. The molecule has 134 valence electrons. The molecule has 2 aromatic carbocycles. The smallest absolute Gasteiger partial charge is 0.256 e. The number of hydrogen-bond donors (Lipinski definition) is 2. The molecule has 7 heteroatoms. The van der Waals surface area contributed by atoms with E-state index in [4.69, 9.17) is 4.52 Å². The Labute approximate surface area is 148 Å². The highest BCUT2D eigenvalue weighted by atomic mass is 19.1. The van der Waals surface area contributed by atoms with E-state index in [1.54, 1.807) is 0 Å². The molecule has 0 fully saturated rings. The Kier molecular flexibility index (Phi) is 5.09. The number of halogens is 2. The second-order valence-electron chi connectivity index (χ2n) is 5.69. The van der Waals surface area contributed by atoms with Crippen LogP contribution in [0.3, 0.4) is 0 Å². The first kappa shape index (κ1) is 17.8. The summed E-state index contributed by atoms with van der Waals surface area (Å²) in [5.74, 6) is -1.08. The quantitative estimate of drug-likeness (QED) is 0.734. The van der Waals surface area contributed by atoms with Crippen LogP contribution >= 0.6 is 0 Å². The summed E-state index contributed by atoms with van der Waals surface area (Å²) >= 11 is 0. The molecular weight excluding hydrogens is 342 g/mol. The fourth-order valence-corrected chi connectivity index (χ4v) is 2.61. The first-order chi connectivity index (χ1) is 12.5. The third kappa shape index (κ3) is 3.62. The summed E-state index contributed by atoms with van der Waals surface area (Å²) in [5.41, 5.74) is 1.41. The minimum atomic E-state index is -1.01. The number of hydrogen-bond acceptors (Lipinski definition) is 4. The Bertz CT molecular complexity index is 906. The van der Waals surface area contributed by atoms with Crippen LogP contribution in [0.1, 0.15) is 27.8 Å². The lowest BCUT2D eigenvalue weighted by molar-refractivity contribution is 0.0959. The van der Waals surface area contributed by atoms with Crippen molar-refractivity contribution in [2.75, 3.05) is 7.05 Å². The zero-order valence-electron chi connectivity index (χ0n) is 13.9. The van der Waals surface area contributed by atoms with Gasteiger partial charge in [-0.1, -0.05) is 17.3 Å². The van der Waals surface area contributed by atoms with Crippen molar-refractivity contribution in [3.63, 3.8) is 0 Å². The van der Waals surface area contributed by atoms with Gasteiger partial charge in [0.1, 0.15) is 22.9 Å². The molecule has 3 aromatic rings. The van der Waals surface area contributed by atoms with Crippen molar-refractivity contribution in [2.24, 2.45) is 0 Å². The van der Waals surface area contributed by atoms with Crippen molar-refractivity contribution in [3.05, 3.63) is 77.1 Å². The fraction of sp³-hybridized carbons (Fsp3) is 0.158. The first-order valence-corrected chi connectivity index (χ1v) is 7.89. The monoisotopic (exact) mass is 358 g/mol. The maximum Gasteiger partial charge on any atom is 0.256 e. The molecule has 0 bridgehead atoms. The topological polar surface area (TPSA) is 75.4 Å². The van der Waals surface area contributed by atoms with Gasteiger partial charge in [-0.2, -0.15) is 0 Å². The van der Waals surface area contributed by atoms with Gasteiger partial charge in [-0.05, 0) is 42.0 Å². The molecule has 0 saturated carbocycles. The van der Waals surface area contributed by atoms with Gasteiger partial charge in [-0.15, -0.1) is 0 Å². The Hall–Kier alpha value is -3.06. The van der Waals surface area contributed by atoms with E-state index in [2.05, 4.69) is 10.5 Å². The maximum absolute atomic E-state index is 13.1. The average Bonchev–Trinajstić information content (AvgIpc) is 3.05. The van der Waals surface area contributed by atoms with E-state index in [1.165, 1.54) is 55.6 Å². The minimum Gasteiger partial charge on any atom is -0.388 e. The Morgan fingerprint density at radius 3 is 2.27 bits per heavy atom. The molecule has 0 aliphatic heterocycles. The average molecular weight is 358 g/mol. The summed E-state index contributed by atoms with van der Waals surface area (Å²) in [5, 5.41) is 16.8. The number of benzene rings is 2. The minimum absolute atomic E-state index is 0.0252. The maximum atomic E-state index is 13.1. The van der Waals surface area contributed by atoms with Crippen LogP contribution < -0.4 is 5.32 Å². The van der Waals surface area contributed by atoms with Crippen LogP contribution in [0, 0.1) is 11.6 Å². The van der Waals surface area contributed by atoms with Crippen LogP contribution in [0.4, 0.5) is 8.78 Å². The molecule has 1 atom stereocenters. The van der Waals surface area contributed by atoms with Gasteiger partial charge >= 0.3 is 0 Å². The summed E-state index contributed by atoms with van der Waals surface area (Å²) < 4.78 is 31.4. The number of carbonyl (C=O) groups excluding carboxylic acids is 1. The molecule has 1 amide bonds. The van der Waals surface area contributed by atoms with E-state index in [0.29, 0.717) is 11.1 Å².